The van der Waals surface area contributed by atoms with Crippen molar-refractivity contribution in [3.05, 3.63) is 23.8 Å². The number of hydrogen-bond acceptors (Lipinski definition) is 4. The SMILES string of the molecule is CCCCCCCC(=O)NC(C)[C@H](O)c1ccc2c(c1)OCCO2. The smallest absolute Gasteiger partial charge is 0.220 e. The van der Waals surface area contributed by atoms with Gasteiger partial charge >= 0.3 is 0 Å². The normalized spacial score (nSPS) is 15.6. The number of nitrogens with one attached hydrogen (secondary N) is 1. The number of aliphatic hydroxyl groups excluding tert-OH is 1. The lowest BCUT2D eigenvalue weighted by molar-refractivity contribution is -0.122. The summed E-state index contributed by atoms with van der Waals surface area (Å²) in [6.45, 7) is 5.04. The summed E-state index contributed by atoms with van der Waals surface area (Å²) < 4.78 is 11.0. The van der Waals surface area contributed by atoms with Crippen LogP contribution in [0, 0.1) is 0 Å². The number of carbonyl (C=O) groups is 1. The van der Waals surface area contributed by atoms with Crippen molar-refractivity contribution in [1.29, 1.82) is 0 Å². The third-order valence-corrected chi connectivity index (χ3v) is 4.28. The minimum absolute atomic E-state index is 0.00408. The minimum Gasteiger partial charge on any atom is -0.486 e. The average molecular weight is 335 g/mol. The second-order valence-corrected chi connectivity index (χ2v) is 6.37. The Balaban J connectivity index is 1.81. The van der Waals surface area contributed by atoms with Crippen LogP contribution >= 0.6 is 0 Å². The van der Waals surface area contributed by atoms with Gasteiger partial charge in [-0.25, -0.2) is 0 Å². The molecule has 5 nitrogen and oxygen atoms in total. The highest BCUT2D eigenvalue weighted by Gasteiger charge is 2.21. The predicted octanol–water partition coefficient (Wildman–Crippen LogP) is 3.36. The number of benzene rings is 1. The molecule has 0 fully saturated rings. The number of unbranched alkanes of at least 4 members (excludes halogenated alkanes) is 4. The van der Waals surface area contributed by atoms with Crippen LogP contribution in [0.3, 0.4) is 0 Å². The van der Waals surface area contributed by atoms with Crippen molar-refractivity contribution in [2.45, 2.75) is 64.5 Å². The monoisotopic (exact) mass is 335 g/mol. The zero-order chi connectivity index (χ0) is 17.4. The number of ether oxygens (including phenoxy) is 2. The van der Waals surface area contributed by atoms with Crippen LogP contribution in [0.4, 0.5) is 0 Å². The van der Waals surface area contributed by atoms with Gasteiger partial charge in [-0.1, -0.05) is 38.7 Å². The number of aliphatic hydroxyl groups is 1. The van der Waals surface area contributed by atoms with Crippen LogP contribution in [0.1, 0.15) is 64.0 Å². The van der Waals surface area contributed by atoms with E-state index in [1.54, 1.807) is 12.1 Å². The van der Waals surface area contributed by atoms with Gasteiger partial charge in [0.15, 0.2) is 11.5 Å². The number of fused-ring (bicyclic) bond motifs is 1. The molecule has 1 aliphatic rings. The van der Waals surface area contributed by atoms with Crippen molar-refractivity contribution in [1.82, 2.24) is 5.32 Å². The van der Waals surface area contributed by atoms with E-state index >= 15 is 0 Å². The van der Waals surface area contributed by atoms with Crippen LogP contribution < -0.4 is 14.8 Å². The quantitative estimate of drug-likeness (QED) is 0.679. The molecule has 134 valence electrons. The van der Waals surface area contributed by atoms with Crippen molar-refractivity contribution >= 4 is 5.91 Å². The second-order valence-electron chi connectivity index (χ2n) is 6.37. The maximum absolute atomic E-state index is 12.0. The lowest BCUT2D eigenvalue weighted by Crippen LogP contribution is -2.37. The number of hydrogen-bond donors (Lipinski definition) is 2. The Hall–Kier alpha value is -1.75. The van der Waals surface area contributed by atoms with Gasteiger partial charge in [0.2, 0.25) is 5.91 Å². The predicted molar refractivity (Wildman–Crippen MR) is 93.4 cm³/mol. The zero-order valence-corrected chi connectivity index (χ0v) is 14.7. The summed E-state index contributed by atoms with van der Waals surface area (Å²) in [6, 6.07) is 5.05. The van der Waals surface area contributed by atoms with E-state index in [0.29, 0.717) is 31.1 Å². The Kier molecular flexibility index (Phi) is 7.37. The van der Waals surface area contributed by atoms with Crippen molar-refractivity contribution in [3.63, 3.8) is 0 Å². The van der Waals surface area contributed by atoms with Gasteiger partial charge in [-0.3, -0.25) is 4.79 Å². The Morgan fingerprint density at radius 3 is 2.62 bits per heavy atom. The van der Waals surface area contributed by atoms with Crippen molar-refractivity contribution in [2.75, 3.05) is 13.2 Å². The van der Waals surface area contributed by atoms with Crippen LogP contribution in [0.5, 0.6) is 11.5 Å². The molecular weight excluding hydrogens is 306 g/mol. The van der Waals surface area contributed by atoms with E-state index in [9.17, 15) is 9.90 Å². The maximum Gasteiger partial charge on any atom is 0.220 e. The maximum atomic E-state index is 12.0. The summed E-state index contributed by atoms with van der Waals surface area (Å²) in [4.78, 5) is 12.0. The summed E-state index contributed by atoms with van der Waals surface area (Å²) in [5.74, 6) is 1.34. The van der Waals surface area contributed by atoms with Gasteiger partial charge in [-0.05, 0) is 31.0 Å². The van der Waals surface area contributed by atoms with Gasteiger partial charge in [0.1, 0.15) is 13.2 Å². The molecule has 2 rings (SSSR count). The fourth-order valence-corrected chi connectivity index (χ4v) is 2.83. The van der Waals surface area contributed by atoms with E-state index in [2.05, 4.69) is 12.2 Å². The van der Waals surface area contributed by atoms with E-state index in [4.69, 9.17) is 9.47 Å². The highest BCUT2D eigenvalue weighted by atomic mass is 16.6. The molecule has 0 spiro atoms. The summed E-state index contributed by atoms with van der Waals surface area (Å²) in [6.07, 6.45) is 5.33. The molecule has 1 aromatic carbocycles. The van der Waals surface area contributed by atoms with Crippen LogP contribution in [-0.4, -0.2) is 30.3 Å². The molecule has 2 atom stereocenters. The molecule has 0 saturated carbocycles. The minimum atomic E-state index is -0.773. The van der Waals surface area contributed by atoms with Gasteiger partial charge in [0.25, 0.3) is 0 Å². The fourth-order valence-electron chi connectivity index (χ4n) is 2.83. The van der Waals surface area contributed by atoms with E-state index < -0.39 is 6.10 Å². The molecule has 2 N–H and O–H groups in total. The molecule has 0 aromatic heterocycles. The van der Waals surface area contributed by atoms with Crippen molar-refractivity contribution in [3.8, 4) is 11.5 Å². The molecule has 1 aliphatic heterocycles. The molecule has 1 unspecified atom stereocenters. The highest BCUT2D eigenvalue weighted by molar-refractivity contribution is 5.76. The Labute approximate surface area is 144 Å². The second kappa shape index (κ2) is 9.52. The molecule has 24 heavy (non-hydrogen) atoms. The summed E-state index contributed by atoms with van der Waals surface area (Å²) in [5, 5.41) is 13.4. The van der Waals surface area contributed by atoms with Gasteiger partial charge in [0.05, 0.1) is 12.1 Å². The van der Waals surface area contributed by atoms with Crippen LogP contribution in [0.15, 0.2) is 18.2 Å². The molecule has 0 bridgehead atoms. The van der Waals surface area contributed by atoms with E-state index in [1.807, 2.05) is 13.0 Å². The number of rotatable bonds is 9. The lowest BCUT2D eigenvalue weighted by atomic mass is 10.0. The standard InChI is InChI=1S/C19H29NO4/c1-3-4-5-6-7-8-18(21)20-14(2)19(22)15-9-10-16-17(13-15)24-12-11-23-16/h9-10,13-14,19,22H,3-8,11-12H2,1-2H3,(H,20,21)/t14?,19-/m0/s1. The van der Waals surface area contributed by atoms with Crippen LogP contribution in [0.2, 0.25) is 0 Å². The first-order chi connectivity index (χ1) is 11.6. The van der Waals surface area contributed by atoms with Crippen LogP contribution in [0.25, 0.3) is 0 Å². The molecule has 1 amide bonds. The van der Waals surface area contributed by atoms with Gasteiger partial charge in [0, 0.05) is 6.42 Å². The van der Waals surface area contributed by atoms with Crippen molar-refractivity contribution < 1.29 is 19.4 Å². The molecule has 0 aliphatic carbocycles. The first-order valence-electron chi connectivity index (χ1n) is 8.98. The molecule has 5 heteroatoms. The van der Waals surface area contributed by atoms with Gasteiger partial charge in [-0.15, -0.1) is 0 Å². The largest absolute Gasteiger partial charge is 0.486 e. The van der Waals surface area contributed by atoms with Crippen molar-refractivity contribution in [2.24, 2.45) is 0 Å². The zero-order valence-electron chi connectivity index (χ0n) is 14.7. The Morgan fingerprint density at radius 1 is 1.17 bits per heavy atom. The van der Waals surface area contributed by atoms with E-state index in [0.717, 1.165) is 18.4 Å². The van der Waals surface area contributed by atoms with Gasteiger partial charge in [-0.2, -0.15) is 0 Å². The molecule has 1 heterocycles. The number of amides is 1. The van der Waals surface area contributed by atoms with Gasteiger partial charge < -0.3 is 19.9 Å². The number of carbonyl (C=O) groups excluding carboxylic acids is 1. The Bertz CT molecular complexity index is 532. The molecule has 1 aromatic rings. The topological polar surface area (TPSA) is 67.8 Å². The van der Waals surface area contributed by atoms with Crippen LogP contribution in [-0.2, 0) is 4.79 Å². The third kappa shape index (κ3) is 5.41. The molecule has 0 radical (unpaired) electrons. The highest BCUT2D eigenvalue weighted by Crippen LogP contribution is 2.33. The Morgan fingerprint density at radius 2 is 1.88 bits per heavy atom. The summed E-state index contributed by atoms with van der Waals surface area (Å²) >= 11 is 0. The third-order valence-electron chi connectivity index (χ3n) is 4.28. The van der Waals surface area contributed by atoms with E-state index in [1.165, 1.54) is 19.3 Å². The average Bonchev–Trinajstić information content (AvgIpc) is 2.60. The summed E-state index contributed by atoms with van der Waals surface area (Å²) in [5.41, 5.74) is 0.718. The molecular formula is C19H29NO4. The first kappa shape index (κ1) is 18.6. The summed E-state index contributed by atoms with van der Waals surface area (Å²) in [7, 11) is 0. The van der Waals surface area contributed by atoms with E-state index in [-0.39, 0.29) is 11.9 Å². The fraction of sp³-hybridized carbons (Fsp3) is 0.632. The first-order valence-corrected chi connectivity index (χ1v) is 8.98. The molecule has 0 saturated heterocycles. The lowest BCUT2D eigenvalue weighted by Gasteiger charge is -2.23.